The zero-order valence-electron chi connectivity index (χ0n) is 38.8. The van der Waals surface area contributed by atoms with Crippen LogP contribution in [0, 0.1) is 23.7 Å². The summed E-state index contributed by atoms with van der Waals surface area (Å²) in [6.45, 7) is 9.02. The van der Waals surface area contributed by atoms with Crippen LogP contribution in [-0.2, 0) is 0 Å². The molecule has 11 rings (SSSR count). The van der Waals surface area contributed by atoms with Crippen molar-refractivity contribution in [2.24, 2.45) is 0 Å². The van der Waals surface area contributed by atoms with Crippen molar-refractivity contribution in [1.82, 2.24) is 4.57 Å². The summed E-state index contributed by atoms with van der Waals surface area (Å²) in [6.07, 6.45) is 0. The van der Waals surface area contributed by atoms with Gasteiger partial charge >= 0.3 is 0 Å². The van der Waals surface area contributed by atoms with Gasteiger partial charge in [0.25, 0.3) is 0 Å². The van der Waals surface area contributed by atoms with Gasteiger partial charge in [-0.25, -0.2) is 9.24 Å². The highest BCUT2D eigenvalue weighted by Gasteiger charge is 2.32. The molecule has 0 saturated carbocycles. The van der Waals surface area contributed by atoms with Gasteiger partial charge in [-0.05, 0) is 40.5 Å². The van der Waals surface area contributed by atoms with Crippen LogP contribution in [0.4, 0.5) is 10.1 Å². The second-order valence-electron chi connectivity index (χ2n) is 13.1. The average molecular weight is 762 g/mol. The van der Waals surface area contributed by atoms with Crippen molar-refractivity contribution in [2.75, 3.05) is 0 Å². The first kappa shape index (κ1) is 23.6. The fraction of sp³-hybridized carbons (Fsp3) is 0. The zero-order valence-corrected chi connectivity index (χ0v) is 30.4. The van der Waals surface area contributed by atoms with E-state index < -0.39 is 99.7 Å². The van der Waals surface area contributed by atoms with Gasteiger partial charge < -0.3 is 4.57 Å². The maximum Gasteiger partial charge on any atom is 0.220 e. The third-order valence-electron chi connectivity index (χ3n) is 10.3. The van der Waals surface area contributed by atoms with Crippen molar-refractivity contribution in [3.8, 4) is 45.1 Å². The molecule has 0 atom stereocenters. The molecule has 6 heteroatoms. The van der Waals surface area contributed by atoms with E-state index in [1.54, 1.807) is 10.6 Å². The Bertz CT molecular complexity index is 4050. The number of halogens is 1. The Kier molecular flexibility index (Phi) is 5.27. The summed E-state index contributed by atoms with van der Waals surface area (Å²) in [5.41, 5.74) is -1.73. The predicted molar refractivity (Wildman–Crippen MR) is 234 cm³/mol. The van der Waals surface area contributed by atoms with Gasteiger partial charge in [0.05, 0.1) is 52.0 Å². The topological polar surface area (TPSA) is 33.1 Å². The molecule has 0 spiro atoms. The lowest BCUT2D eigenvalue weighted by atomic mass is 9.90. The molecule has 0 saturated heterocycles. The minimum atomic E-state index is -1.41. The van der Waals surface area contributed by atoms with Crippen molar-refractivity contribution in [3.63, 3.8) is 0 Å². The molecule has 3 heterocycles. The number of rotatable bonds is 4. The van der Waals surface area contributed by atoms with Gasteiger partial charge in [-0.1, -0.05) is 139 Å². The highest BCUT2D eigenvalue weighted by atomic mass is 32.1. The van der Waals surface area contributed by atoms with E-state index in [4.69, 9.17) is 17.5 Å². The minimum Gasteiger partial charge on any atom is -0.316 e. The van der Waals surface area contributed by atoms with Gasteiger partial charge in [0.2, 0.25) is 5.69 Å². The Balaban J connectivity index is 1.52. The first-order valence-corrected chi connectivity index (χ1v) is 19.0. The lowest BCUT2D eigenvalue weighted by Crippen LogP contribution is -2.05. The van der Waals surface area contributed by atoms with Crippen LogP contribution in [-0.4, -0.2) is 4.57 Å². The monoisotopic (exact) mass is 761 g/mol. The van der Waals surface area contributed by atoms with Gasteiger partial charge in [0.15, 0.2) is 0 Å². The Morgan fingerprint density at radius 2 is 1.20 bits per heavy atom. The fourth-order valence-electron chi connectivity index (χ4n) is 8.05. The van der Waals surface area contributed by atoms with Gasteiger partial charge in [-0.2, -0.15) is 5.26 Å². The maximum atomic E-state index is 18.5. The van der Waals surface area contributed by atoms with E-state index >= 15 is 4.39 Å². The standard InChI is InChI=1S/C50H26FN3S2/c1-53-45-41(30-17-7-3-8-18-30)38(28-52)44(51)42(31-19-9-4-10-20-31)47(45)54-46-35(26-25-34-32-21-11-13-23-39(32)55-49(34)46)43-36(29-15-5-2-6-16-29)27-37-33-22-12-14-24-40(33)56-50(37)48(43)54/h2-27H/i3D,4D,7D,8D,9D,10D,17D,18D,19D,20D. The van der Waals surface area contributed by atoms with Crippen LogP contribution in [0.2, 0.25) is 0 Å². The van der Waals surface area contributed by atoms with Crippen LogP contribution >= 0.6 is 22.7 Å². The molecule has 3 nitrogen and oxygen atoms in total. The number of thiophene rings is 2. The zero-order chi connectivity index (χ0) is 46.2. The van der Waals surface area contributed by atoms with Crippen LogP contribution in [0.3, 0.4) is 0 Å². The number of benzene rings is 8. The first-order chi connectivity index (χ1) is 31.8. The van der Waals surface area contributed by atoms with Crippen LogP contribution in [0.5, 0.6) is 0 Å². The van der Waals surface area contributed by atoms with Crippen LogP contribution in [0.25, 0.3) is 106 Å². The highest BCUT2D eigenvalue weighted by Crippen LogP contribution is 2.54. The van der Waals surface area contributed by atoms with Crippen LogP contribution in [0.1, 0.15) is 19.3 Å². The van der Waals surface area contributed by atoms with E-state index in [1.807, 2.05) is 91.0 Å². The van der Waals surface area contributed by atoms with Crippen LogP contribution in [0.15, 0.2) is 157 Å². The molecular weight excluding hydrogens is 726 g/mol. The number of fused-ring (bicyclic) bond motifs is 11. The van der Waals surface area contributed by atoms with E-state index in [2.05, 4.69) is 10.9 Å². The van der Waals surface area contributed by atoms with Crippen molar-refractivity contribution in [1.29, 1.82) is 5.26 Å². The largest absolute Gasteiger partial charge is 0.316 e. The van der Waals surface area contributed by atoms with E-state index in [9.17, 15) is 8.00 Å². The van der Waals surface area contributed by atoms with Gasteiger partial charge in [-0.3, -0.25) is 0 Å². The third kappa shape index (κ3) is 4.52. The Labute approximate surface area is 342 Å². The molecule has 0 N–H and O–H groups in total. The summed E-state index contributed by atoms with van der Waals surface area (Å²) in [5.74, 6) is -1.41. The smallest absolute Gasteiger partial charge is 0.220 e. The summed E-state index contributed by atoms with van der Waals surface area (Å²) >= 11 is 2.90. The molecule has 56 heavy (non-hydrogen) atoms. The van der Waals surface area contributed by atoms with E-state index in [1.165, 1.54) is 22.7 Å². The summed E-state index contributed by atoms with van der Waals surface area (Å²) in [5, 5.41) is 15.7. The molecule has 0 radical (unpaired) electrons. The molecule has 0 amide bonds. The molecule has 0 aliphatic rings. The minimum absolute atomic E-state index is 0.337. The molecular formula is C50H26FN3S2. The number of aromatic nitrogens is 1. The Morgan fingerprint density at radius 1 is 0.625 bits per heavy atom. The lowest BCUT2D eigenvalue weighted by molar-refractivity contribution is 0.627. The van der Waals surface area contributed by atoms with Gasteiger partial charge in [-0.15, -0.1) is 22.7 Å². The van der Waals surface area contributed by atoms with E-state index in [0.29, 0.717) is 31.2 Å². The fourth-order valence-corrected chi connectivity index (χ4v) is 10.5. The summed E-state index contributed by atoms with van der Waals surface area (Å²) in [4.78, 5) is 3.99. The number of hydrogen-bond acceptors (Lipinski definition) is 3. The average Bonchev–Trinajstić information content (AvgIpc) is 4.02. The lowest BCUT2D eigenvalue weighted by Gasteiger charge is -2.21. The summed E-state index contributed by atoms with van der Waals surface area (Å²) < 4.78 is 112. The normalized spacial score (nSPS) is 14.1. The van der Waals surface area contributed by atoms with Crippen LogP contribution < -0.4 is 0 Å². The molecule has 8 aromatic carbocycles. The quantitative estimate of drug-likeness (QED) is 0.164. The molecule has 0 unspecified atom stereocenters. The Hall–Kier alpha value is -7.09. The number of nitriles is 1. The van der Waals surface area contributed by atoms with Gasteiger partial charge in [0, 0.05) is 52.8 Å². The van der Waals surface area contributed by atoms with E-state index in [0.717, 1.165) is 42.1 Å². The SMILES string of the molecule is [2H]c1c([2H])c([2H])c(-c2c(C#N)c(F)c(-c3c([2H])c([2H])c([2H])c([2H])c3[2H])c(-n3c4c(ccc5c6ccccc6sc54)c4c(-c5ccccc5)cc5c6ccccc6sc5c43)c2[N+]#[C-])c([2H])c1[2H]. The van der Waals surface area contributed by atoms with Crippen molar-refractivity contribution >= 4 is 90.5 Å². The van der Waals surface area contributed by atoms with E-state index in [-0.39, 0.29) is 5.69 Å². The molecule has 0 fully saturated rings. The molecule has 0 aliphatic carbocycles. The third-order valence-corrected chi connectivity index (χ3v) is 12.7. The van der Waals surface area contributed by atoms with Crippen molar-refractivity contribution < 1.29 is 18.1 Å². The highest BCUT2D eigenvalue weighted by molar-refractivity contribution is 7.27. The van der Waals surface area contributed by atoms with Crippen molar-refractivity contribution in [2.45, 2.75) is 0 Å². The molecule has 3 aromatic heterocycles. The molecule has 0 bridgehead atoms. The second kappa shape index (κ2) is 12.5. The second-order valence-corrected chi connectivity index (χ2v) is 15.2. The summed E-state index contributed by atoms with van der Waals surface area (Å²) in [7, 11) is 0. The maximum absolute atomic E-state index is 18.5. The molecule has 260 valence electrons. The Morgan fingerprint density at radius 3 is 1.84 bits per heavy atom. The number of nitrogens with zero attached hydrogens (tertiary/aromatic N) is 3. The molecule has 0 aliphatic heterocycles. The van der Waals surface area contributed by atoms with Crippen molar-refractivity contribution in [3.05, 3.63) is 180 Å². The predicted octanol–water partition coefficient (Wildman–Crippen LogP) is 15.1. The molecule has 11 aromatic rings. The summed E-state index contributed by atoms with van der Waals surface area (Å²) in [6, 6.07) is 25.3. The number of hydrogen-bond donors (Lipinski definition) is 0. The first-order valence-electron chi connectivity index (χ1n) is 22.4. The van der Waals surface area contributed by atoms with Gasteiger partial charge in [0.1, 0.15) is 11.9 Å².